The Kier molecular flexibility index (Phi) is 47.9. The van der Waals surface area contributed by atoms with Gasteiger partial charge in [0.2, 0.25) is 0 Å². The Hall–Kier alpha value is -3.15. The molecular formula is C56H96O6. The molecule has 0 N–H and O–H groups in total. The fraction of sp³-hybridized carbons (Fsp3) is 0.732. The zero-order chi connectivity index (χ0) is 45.1. The van der Waals surface area contributed by atoms with Gasteiger partial charge in [-0.15, -0.1) is 0 Å². The van der Waals surface area contributed by atoms with E-state index in [0.717, 1.165) is 116 Å². The fourth-order valence-corrected chi connectivity index (χ4v) is 7.05. The molecule has 0 aliphatic rings. The van der Waals surface area contributed by atoms with Crippen molar-refractivity contribution in [2.45, 2.75) is 252 Å². The lowest BCUT2D eigenvalue weighted by molar-refractivity contribution is -0.167. The van der Waals surface area contributed by atoms with E-state index in [0.29, 0.717) is 19.3 Å². The second-order valence-electron chi connectivity index (χ2n) is 17.1. The van der Waals surface area contributed by atoms with Gasteiger partial charge in [0.25, 0.3) is 0 Å². The van der Waals surface area contributed by atoms with E-state index in [-0.39, 0.29) is 31.1 Å². The lowest BCUT2D eigenvalue weighted by Crippen LogP contribution is -2.30. The maximum Gasteiger partial charge on any atom is 0.306 e. The molecule has 0 saturated heterocycles. The summed E-state index contributed by atoms with van der Waals surface area (Å²) in [5, 5.41) is 0. The first-order valence-corrected chi connectivity index (χ1v) is 25.9. The predicted octanol–water partition coefficient (Wildman–Crippen LogP) is 17.0. The van der Waals surface area contributed by atoms with E-state index in [4.69, 9.17) is 14.2 Å². The molecule has 6 heteroatoms. The maximum absolute atomic E-state index is 12.8. The Bertz CT molecular complexity index is 1180. The van der Waals surface area contributed by atoms with Crippen LogP contribution in [0.15, 0.2) is 72.9 Å². The summed E-state index contributed by atoms with van der Waals surface area (Å²) in [5.41, 5.74) is 0. The average Bonchev–Trinajstić information content (AvgIpc) is 3.27. The molecule has 62 heavy (non-hydrogen) atoms. The highest BCUT2D eigenvalue weighted by Crippen LogP contribution is 2.14. The number of carbonyl (C=O) groups is 3. The summed E-state index contributed by atoms with van der Waals surface area (Å²) in [5.74, 6) is -0.916. The van der Waals surface area contributed by atoms with Crippen LogP contribution in [0.5, 0.6) is 0 Å². The predicted molar refractivity (Wildman–Crippen MR) is 265 cm³/mol. The molecule has 0 aliphatic carbocycles. The van der Waals surface area contributed by atoms with Crippen molar-refractivity contribution in [3.63, 3.8) is 0 Å². The molecule has 0 aromatic heterocycles. The van der Waals surface area contributed by atoms with Crippen molar-refractivity contribution in [3.05, 3.63) is 72.9 Å². The topological polar surface area (TPSA) is 78.9 Å². The number of esters is 3. The number of ether oxygens (including phenoxy) is 3. The number of unbranched alkanes of at least 4 members (excludes halogenated alkanes) is 23. The highest BCUT2D eigenvalue weighted by atomic mass is 16.6. The van der Waals surface area contributed by atoms with Gasteiger partial charge in [0.15, 0.2) is 6.10 Å². The van der Waals surface area contributed by atoms with E-state index in [1.807, 2.05) is 0 Å². The highest BCUT2D eigenvalue weighted by molar-refractivity contribution is 5.71. The molecule has 1 unspecified atom stereocenters. The maximum atomic E-state index is 12.8. The van der Waals surface area contributed by atoms with Gasteiger partial charge in [-0.1, -0.05) is 209 Å². The van der Waals surface area contributed by atoms with E-state index in [1.54, 1.807) is 0 Å². The summed E-state index contributed by atoms with van der Waals surface area (Å²) >= 11 is 0. The summed E-state index contributed by atoms with van der Waals surface area (Å²) in [6, 6.07) is 0. The van der Waals surface area contributed by atoms with Gasteiger partial charge < -0.3 is 14.2 Å². The number of rotatable bonds is 46. The molecule has 0 radical (unpaired) electrons. The minimum atomic E-state index is -0.787. The molecule has 0 aliphatic heterocycles. The van der Waals surface area contributed by atoms with Gasteiger partial charge in [0, 0.05) is 19.3 Å². The minimum absolute atomic E-state index is 0.0857. The van der Waals surface area contributed by atoms with Crippen molar-refractivity contribution in [2.75, 3.05) is 13.2 Å². The van der Waals surface area contributed by atoms with E-state index in [9.17, 15) is 14.4 Å². The number of carbonyl (C=O) groups excluding carboxylic acids is 3. The summed E-state index contributed by atoms with van der Waals surface area (Å²) in [4.78, 5) is 37.9. The van der Waals surface area contributed by atoms with Crippen molar-refractivity contribution < 1.29 is 28.6 Å². The third kappa shape index (κ3) is 47.9. The van der Waals surface area contributed by atoms with Crippen molar-refractivity contribution in [1.29, 1.82) is 0 Å². The smallest absolute Gasteiger partial charge is 0.306 e. The fourth-order valence-electron chi connectivity index (χ4n) is 7.05. The van der Waals surface area contributed by atoms with Crippen LogP contribution < -0.4 is 0 Å². The lowest BCUT2D eigenvalue weighted by Gasteiger charge is -2.18. The summed E-state index contributed by atoms with van der Waals surface area (Å²) in [7, 11) is 0. The molecule has 6 nitrogen and oxygen atoms in total. The van der Waals surface area contributed by atoms with E-state index in [1.165, 1.54) is 89.9 Å². The summed E-state index contributed by atoms with van der Waals surface area (Å²) in [6.07, 6.45) is 63.1. The quantitative estimate of drug-likeness (QED) is 0.0262. The Morgan fingerprint density at radius 3 is 1.02 bits per heavy atom. The van der Waals surface area contributed by atoms with E-state index in [2.05, 4.69) is 93.7 Å². The molecule has 0 aromatic carbocycles. The van der Waals surface area contributed by atoms with Crippen LogP contribution in [-0.4, -0.2) is 37.2 Å². The van der Waals surface area contributed by atoms with Gasteiger partial charge >= 0.3 is 17.9 Å². The van der Waals surface area contributed by atoms with Crippen LogP contribution in [0.4, 0.5) is 0 Å². The molecule has 0 rings (SSSR count). The van der Waals surface area contributed by atoms with Gasteiger partial charge in [-0.05, 0) is 89.9 Å². The zero-order valence-electron chi connectivity index (χ0n) is 40.6. The molecule has 356 valence electrons. The first-order chi connectivity index (χ1) is 30.5. The first kappa shape index (κ1) is 58.9. The van der Waals surface area contributed by atoms with Crippen LogP contribution in [0, 0.1) is 0 Å². The van der Waals surface area contributed by atoms with Crippen LogP contribution in [-0.2, 0) is 28.6 Å². The van der Waals surface area contributed by atoms with Crippen LogP contribution >= 0.6 is 0 Å². The molecular weight excluding hydrogens is 769 g/mol. The molecule has 0 bridgehead atoms. The summed E-state index contributed by atoms with van der Waals surface area (Å²) in [6.45, 7) is 6.46. The number of allylic oxidation sites excluding steroid dienone is 12. The molecule has 0 aromatic rings. The third-order valence-electron chi connectivity index (χ3n) is 10.9. The Morgan fingerprint density at radius 1 is 0.339 bits per heavy atom. The van der Waals surface area contributed by atoms with E-state index < -0.39 is 6.10 Å². The van der Waals surface area contributed by atoms with Crippen molar-refractivity contribution in [1.82, 2.24) is 0 Å². The molecule has 0 amide bonds. The SMILES string of the molecule is CC/C=C\C/C=C\C/C=C\CCCCCCCC(=O)OC(COC(=O)CCCCCCCC/C=C\C/C=C\C/C=C\CCCCC)COC(=O)CCCCCCCCCCCC. The van der Waals surface area contributed by atoms with Gasteiger partial charge in [-0.3, -0.25) is 14.4 Å². The van der Waals surface area contributed by atoms with Crippen LogP contribution in [0.3, 0.4) is 0 Å². The first-order valence-electron chi connectivity index (χ1n) is 25.9. The van der Waals surface area contributed by atoms with Gasteiger partial charge in [0.1, 0.15) is 13.2 Å². The molecule has 0 heterocycles. The van der Waals surface area contributed by atoms with Gasteiger partial charge in [-0.25, -0.2) is 0 Å². The van der Waals surface area contributed by atoms with E-state index >= 15 is 0 Å². The van der Waals surface area contributed by atoms with Gasteiger partial charge in [0.05, 0.1) is 0 Å². The average molecular weight is 865 g/mol. The Morgan fingerprint density at radius 2 is 0.629 bits per heavy atom. The third-order valence-corrected chi connectivity index (χ3v) is 10.9. The van der Waals surface area contributed by atoms with Crippen LogP contribution in [0.2, 0.25) is 0 Å². The molecule has 0 saturated carbocycles. The lowest BCUT2D eigenvalue weighted by atomic mass is 10.1. The van der Waals surface area contributed by atoms with Crippen LogP contribution in [0.25, 0.3) is 0 Å². The van der Waals surface area contributed by atoms with Gasteiger partial charge in [-0.2, -0.15) is 0 Å². The zero-order valence-corrected chi connectivity index (χ0v) is 40.6. The molecule has 1 atom stereocenters. The second kappa shape index (κ2) is 50.5. The van der Waals surface area contributed by atoms with Crippen molar-refractivity contribution in [2.24, 2.45) is 0 Å². The highest BCUT2D eigenvalue weighted by Gasteiger charge is 2.19. The van der Waals surface area contributed by atoms with Crippen LogP contribution in [0.1, 0.15) is 245 Å². The molecule has 0 spiro atoms. The Balaban J connectivity index is 4.38. The normalized spacial score (nSPS) is 12.6. The monoisotopic (exact) mass is 865 g/mol. The van der Waals surface area contributed by atoms with Crippen molar-refractivity contribution >= 4 is 17.9 Å². The number of hydrogen-bond donors (Lipinski definition) is 0. The summed E-state index contributed by atoms with van der Waals surface area (Å²) < 4.78 is 16.8. The standard InChI is InChI=1S/C56H96O6/c1-4-7-10-13-16-19-22-24-26-27-28-29-31-32-34-37-40-43-46-49-55(58)61-52-53(51-60-54(57)48-45-42-39-36-21-18-15-12-9-6-3)62-56(59)50-47-44-41-38-35-33-30-25-23-20-17-14-11-8-5-2/h8,11,16-17,19-20,24-26,28-30,53H,4-7,9-10,12-15,18,21-23,27,31-52H2,1-3H3/b11-8-,19-16-,20-17-,26-24-,29-28-,30-25-. The molecule has 0 fully saturated rings. The largest absolute Gasteiger partial charge is 0.462 e. The minimum Gasteiger partial charge on any atom is -0.462 e. The number of hydrogen-bond acceptors (Lipinski definition) is 6. The second-order valence-corrected chi connectivity index (χ2v) is 17.1. The Labute approximate surface area is 382 Å². The van der Waals surface area contributed by atoms with Crippen molar-refractivity contribution in [3.8, 4) is 0 Å².